The normalized spacial score (nSPS) is 39.1. The van der Waals surface area contributed by atoms with Gasteiger partial charge in [0.15, 0.2) is 0 Å². The van der Waals surface area contributed by atoms with Crippen molar-refractivity contribution in [1.82, 2.24) is 10.2 Å². The molecule has 0 radical (unpaired) electrons. The van der Waals surface area contributed by atoms with Gasteiger partial charge in [0.2, 0.25) is 0 Å². The lowest BCUT2D eigenvalue weighted by molar-refractivity contribution is -0.140. The fraction of sp³-hybridized carbons (Fsp3) is 0.600. The van der Waals surface area contributed by atoms with E-state index in [4.69, 9.17) is 0 Å². The number of phenolic OH excluding ortho intramolecular Hbond substituents is 1. The van der Waals surface area contributed by atoms with E-state index >= 15 is 0 Å². The van der Waals surface area contributed by atoms with Crippen LogP contribution in [-0.2, 0) is 11.2 Å². The van der Waals surface area contributed by atoms with Crippen LogP contribution in [0.1, 0.15) is 44.1 Å². The molecule has 3 amide bonds. The third-order valence-electron chi connectivity index (χ3n) is 6.88. The van der Waals surface area contributed by atoms with E-state index in [2.05, 4.69) is 5.32 Å². The van der Waals surface area contributed by atoms with Crippen molar-refractivity contribution in [3.05, 3.63) is 29.8 Å². The fourth-order valence-electron chi connectivity index (χ4n) is 6.33. The van der Waals surface area contributed by atoms with Gasteiger partial charge in [-0.1, -0.05) is 12.1 Å². The number of nitrogens with zero attached hydrogens (tertiary/aromatic N) is 1. The van der Waals surface area contributed by atoms with Crippen molar-refractivity contribution in [2.24, 2.45) is 17.8 Å². The van der Waals surface area contributed by atoms with Gasteiger partial charge >= 0.3 is 6.03 Å². The van der Waals surface area contributed by atoms with Crippen molar-refractivity contribution in [3.8, 4) is 5.75 Å². The van der Waals surface area contributed by atoms with Gasteiger partial charge in [-0.25, -0.2) is 4.79 Å². The lowest BCUT2D eigenvalue weighted by Crippen LogP contribution is -2.62. The average molecular weight is 340 g/mol. The highest BCUT2D eigenvalue weighted by Crippen LogP contribution is 2.58. The van der Waals surface area contributed by atoms with Gasteiger partial charge in [-0.05, 0) is 74.0 Å². The number of phenols is 1. The first-order valence-corrected chi connectivity index (χ1v) is 9.45. The Labute approximate surface area is 147 Å². The quantitative estimate of drug-likeness (QED) is 0.831. The Kier molecular flexibility index (Phi) is 3.19. The van der Waals surface area contributed by atoms with Gasteiger partial charge in [-0.15, -0.1) is 0 Å². The highest BCUT2D eigenvalue weighted by Gasteiger charge is 2.58. The van der Waals surface area contributed by atoms with Crippen LogP contribution in [0.5, 0.6) is 5.75 Å². The van der Waals surface area contributed by atoms with Gasteiger partial charge in [0.1, 0.15) is 11.8 Å². The van der Waals surface area contributed by atoms with Crippen LogP contribution in [0.3, 0.4) is 0 Å². The summed E-state index contributed by atoms with van der Waals surface area (Å²) in [5.74, 6) is 2.25. The van der Waals surface area contributed by atoms with E-state index < -0.39 is 6.04 Å². The average Bonchev–Trinajstić information content (AvgIpc) is 2.83. The van der Waals surface area contributed by atoms with Crippen LogP contribution in [0.4, 0.5) is 4.79 Å². The Morgan fingerprint density at radius 2 is 1.56 bits per heavy atom. The molecule has 2 N–H and O–H groups in total. The van der Waals surface area contributed by atoms with Gasteiger partial charge in [0, 0.05) is 6.42 Å². The second-order valence-electron chi connectivity index (χ2n) is 8.69. The first kappa shape index (κ1) is 15.2. The van der Waals surface area contributed by atoms with Crippen molar-refractivity contribution in [1.29, 1.82) is 0 Å². The molecule has 0 spiro atoms. The molecule has 1 heterocycles. The maximum Gasteiger partial charge on any atom is 0.325 e. The Hall–Kier alpha value is -2.04. The highest BCUT2D eigenvalue weighted by atomic mass is 16.3. The predicted octanol–water partition coefficient (Wildman–Crippen LogP) is 2.82. The Bertz CT molecular complexity index is 692. The number of rotatable bonds is 3. The van der Waals surface area contributed by atoms with Crippen LogP contribution < -0.4 is 5.32 Å². The van der Waals surface area contributed by atoms with E-state index in [9.17, 15) is 14.7 Å². The molecule has 1 saturated heterocycles. The standard InChI is InChI=1S/C20H24N2O3/c23-16-3-1-12(2-4-16)8-17-18(24)22(19(25)21-17)20-9-13-5-14(10-20)7-15(6-13)11-20/h1-4,13-15,17,23H,5-11H2,(H,21,25)/t13?,14?,15?,17-,20?/m0/s1. The van der Waals surface area contributed by atoms with E-state index in [0.717, 1.165) is 24.8 Å². The zero-order valence-corrected chi connectivity index (χ0v) is 14.3. The molecule has 25 heavy (non-hydrogen) atoms. The molecule has 4 bridgehead atoms. The molecule has 5 aliphatic rings. The summed E-state index contributed by atoms with van der Waals surface area (Å²) in [6, 6.07) is 6.17. The summed E-state index contributed by atoms with van der Waals surface area (Å²) in [4.78, 5) is 27.4. The van der Waals surface area contributed by atoms with Crippen molar-refractivity contribution < 1.29 is 14.7 Å². The van der Waals surface area contributed by atoms with E-state index in [-0.39, 0.29) is 23.2 Å². The molecule has 5 nitrogen and oxygen atoms in total. The maximum atomic E-state index is 13.1. The summed E-state index contributed by atoms with van der Waals surface area (Å²) in [5, 5.41) is 12.3. The van der Waals surface area contributed by atoms with Crippen LogP contribution in [0.15, 0.2) is 24.3 Å². The van der Waals surface area contributed by atoms with Gasteiger partial charge in [0.25, 0.3) is 5.91 Å². The Morgan fingerprint density at radius 3 is 2.12 bits per heavy atom. The second kappa shape index (κ2) is 5.23. The summed E-state index contributed by atoms with van der Waals surface area (Å²) >= 11 is 0. The Balaban J connectivity index is 1.39. The summed E-state index contributed by atoms with van der Waals surface area (Å²) < 4.78 is 0. The van der Waals surface area contributed by atoms with Crippen molar-refractivity contribution in [2.75, 3.05) is 0 Å². The topological polar surface area (TPSA) is 69.6 Å². The number of amides is 3. The number of aromatic hydroxyl groups is 1. The van der Waals surface area contributed by atoms with E-state index in [1.807, 2.05) is 12.1 Å². The van der Waals surface area contributed by atoms with Crippen LogP contribution in [-0.4, -0.2) is 33.5 Å². The molecule has 6 rings (SSSR count). The molecule has 5 heteroatoms. The van der Waals surface area contributed by atoms with Crippen molar-refractivity contribution in [2.45, 2.75) is 56.5 Å². The first-order valence-electron chi connectivity index (χ1n) is 9.45. The Morgan fingerprint density at radius 1 is 1.00 bits per heavy atom. The molecular weight excluding hydrogens is 316 g/mol. The molecule has 5 fully saturated rings. The molecular formula is C20H24N2O3. The molecule has 132 valence electrons. The lowest BCUT2D eigenvalue weighted by atomic mass is 9.52. The number of imide groups is 1. The summed E-state index contributed by atoms with van der Waals surface area (Å²) in [5.41, 5.74) is 0.725. The molecule has 1 atom stereocenters. The molecule has 1 aromatic rings. The maximum absolute atomic E-state index is 13.1. The van der Waals surface area contributed by atoms with Gasteiger partial charge in [-0.2, -0.15) is 0 Å². The van der Waals surface area contributed by atoms with Gasteiger partial charge in [-0.3, -0.25) is 9.69 Å². The summed E-state index contributed by atoms with van der Waals surface area (Å²) in [6.07, 6.45) is 7.37. The number of carbonyl (C=O) groups excluding carboxylic acids is 2. The minimum Gasteiger partial charge on any atom is -0.508 e. The number of benzene rings is 1. The zero-order chi connectivity index (χ0) is 17.2. The molecule has 4 aliphatic carbocycles. The molecule has 4 saturated carbocycles. The third-order valence-corrected chi connectivity index (χ3v) is 6.88. The van der Waals surface area contributed by atoms with E-state index in [1.54, 1.807) is 17.0 Å². The minimum atomic E-state index is -0.481. The zero-order valence-electron chi connectivity index (χ0n) is 14.3. The predicted molar refractivity (Wildman–Crippen MR) is 91.9 cm³/mol. The van der Waals surface area contributed by atoms with Gasteiger partial charge in [0.05, 0.1) is 5.54 Å². The summed E-state index contributed by atoms with van der Waals surface area (Å²) in [6.45, 7) is 0. The first-order chi connectivity index (χ1) is 12.0. The third kappa shape index (κ3) is 2.35. The summed E-state index contributed by atoms with van der Waals surface area (Å²) in [7, 11) is 0. The monoisotopic (exact) mass is 340 g/mol. The molecule has 1 aliphatic heterocycles. The highest BCUT2D eigenvalue weighted by molar-refractivity contribution is 6.05. The van der Waals surface area contributed by atoms with Crippen molar-refractivity contribution >= 4 is 11.9 Å². The van der Waals surface area contributed by atoms with Crippen molar-refractivity contribution in [3.63, 3.8) is 0 Å². The number of hydrogen-bond acceptors (Lipinski definition) is 3. The second-order valence-corrected chi connectivity index (χ2v) is 8.69. The number of hydrogen-bond donors (Lipinski definition) is 2. The number of urea groups is 1. The van der Waals surface area contributed by atoms with Crippen LogP contribution >= 0.6 is 0 Å². The van der Waals surface area contributed by atoms with Crippen LogP contribution in [0.25, 0.3) is 0 Å². The largest absolute Gasteiger partial charge is 0.508 e. The lowest BCUT2D eigenvalue weighted by Gasteiger charge is -2.58. The molecule has 0 aromatic heterocycles. The molecule has 1 aromatic carbocycles. The smallest absolute Gasteiger partial charge is 0.325 e. The van der Waals surface area contributed by atoms with Gasteiger partial charge < -0.3 is 10.4 Å². The van der Waals surface area contributed by atoms with E-state index in [1.165, 1.54) is 19.3 Å². The number of nitrogens with one attached hydrogen (secondary N) is 1. The minimum absolute atomic E-state index is 0.0555. The number of carbonyl (C=O) groups is 2. The van der Waals surface area contributed by atoms with Crippen LogP contribution in [0, 0.1) is 17.8 Å². The fourth-order valence-corrected chi connectivity index (χ4v) is 6.33. The SMILES string of the molecule is O=C1N[C@@H](Cc2ccc(O)cc2)C(=O)N1C12CC3CC(CC(C3)C1)C2. The van der Waals surface area contributed by atoms with E-state index in [0.29, 0.717) is 24.2 Å². The van der Waals surface area contributed by atoms with Crippen LogP contribution in [0.2, 0.25) is 0 Å². The molecule has 0 unspecified atom stereocenters.